The van der Waals surface area contributed by atoms with Crippen molar-refractivity contribution < 1.29 is 13.6 Å². The number of nitrogens with one attached hydrogen (secondary N) is 1. The van der Waals surface area contributed by atoms with Gasteiger partial charge in [0.15, 0.2) is 0 Å². The second-order valence-corrected chi connectivity index (χ2v) is 9.17. The number of fused-ring (bicyclic) bond motifs is 3. The van der Waals surface area contributed by atoms with Crippen LogP contribution in [0.2, 0.25) is 0 Å². The summed E-state index contributed by atoms with van der Waals surface area (Å²) in [4.78, 5) is 24.4. The maximum atomic E-state index is 13.2. The Kier molecular flexibility index (Phi) is 6.05. The van der Waals surface area contributed by atoms with Crippen molar-refractivity contribution in [3.05, 3.63) is 42.5 Å². The first-order valence-electron chi connectivity index (χ1n) is 11.5. The van der Waals surface area contributed by atoms with E-state index in [-0.39, 0.29) is 30.5 Å². The van der Waals surface area contributed by atoms with E-state index in [2.05, 4.69) is 15.4 Å². The third kappa shape index (κ3) is 4.46. The molecule has 2 aliphatic rings. The zero-order valence-corrected chi connectivity index (χ0v) is 18.6. The summed E-state index contributed by atoms with van der Waals surface area (Å²) >= 11 is 0. The van der Waals surface area contributed by atoms with Gasteiger partial charge in [-0.3, -0.25) is 14.5 Å². The number of alkyl halides is 2. The lowest BCUT2D eigenvalue weighted by Crippen LogP contribution is -2.54. The van der Waals surface area contributed by atoms with Crippen LogP contribution in [-0.2, 0) is 18.3 Å². The number of piperidine rings is 1. The summed E-state index contributed by atoms with van der Waals surface area (Å²) in [6.45, 7) is -1.43. The number of pyridine rings is 2. The van der Waals surface area contributed by atoms with Gasteiger partial charge < -0.3 is 10.2 Å². The lowest BCUT2D eigenvalue weighted by atomic mass is 9.96. The smallest absolute Gasteiger partial charge is 0.229 e. The van der Waals surface area contributed by atoms with Crippen LogP contribution in [0.15, 0.2) is 36.8 Å². The summed E-state index contributed by atoms with van der Waals surface area (Å²) < 4.78 is 27.6. The molecule has 5 heterocycles. The molecule has 7 nitrogen and oxygen atoms in total. The van der Waals surface area contributed by atoms with E-state index in [1.165, 1.54) is 0 Å². The fourth-order valence-corrected chi connectivity index (χ4v) is 5.30. The van der Waals surface area contributed by atoms with E-state index >= 15 is 0 Å². The summed E-state index contributed by atoms with van der Waals surface area (Å²) in [6.07, 6.45) is 9.01. The number of nitrogens with zero attached hydrogens (tertiary/aromatic N) is 5. The maximum absolute atomic E-state index is 13.2. The topological polar surface area (TPSA) is 75.9 Å². The van der Waals surface area contributed by atoms with Gasteiger partial charge in [0.2, 0.25) is 5.91 Å². The summed E-state index contributed by atoms with van der Waals surface area (Å²) in [5.74, 6) is 0.0590. The minimum absolute atomic E-state index is 0.0527. The molecule has 0 aliphatic carbocycles. The quantitative estimate of drug-likeness (QED) is 0.594. The fraction of sp³-hybridized carbons (Fsp3) is 0.500. The van der Waals surface area contributed by atoms with Crippen molar-refractivity contribution in [2.45, 2.75) is 56.3 Å². The molecule has 1 amide bonds. The molecule has 33 heavy (non-hydrogen) atoms. The zero-order valence-electron chi connectivity index (χ0n) is 18.6. The second kappa shape index (κ2) is 9.13. The van der Waals surface area contributed by atoms with Gasteiger partial charge in [0, 0.05) is 48.5 Å². The Labute approximate surface area is 191 Å². The summed E-state index contributed by atoms with van der Waals surface area (Å²) in [7, 11) is 1.87. The van der Waals surface area contributed by atoms with Crippen molar-refractivity contribution in [2.24, 2.45) is 7.05 Å². The third-order valence-corrected chi connectivity index (χ3v) is 6.83. The number of carbonyl (C=O) groups excluding carboxylic acids is 1. The molecule has 2 bridgehead atoms. The minimum atomic E-state index is -0.748. The molecule has 0 spiro atoms. The van der Waals surface area contributed by atoms with E-state index in [9.17, 15) is 13.6 Å². The normalized spacial score (nSPS) is 22.4. The van der Waals surface area contributed by atoms with Crippen LogP contribution in [0.5, 0.6) is 0 Å². The fourth-order valence-electron chi connectivity index (χ4n) is 5.30. The number of hydrogen-bond donors (Lipinski definition) is 1. The van der Waals surface area contributed by atoms with Gasteiger partial charge in [-0.15, -0.1) is 0 Å². The van der Waals surface area contributed by atoms with Crippen molar-refractivity contribution in [3.63, 3.8) is 0 Å². The third-order valence-electron chi connectivity index (χ3n) is 6.83. The number of hydrogen-bond acceptors (Lipinski definition) is 5. The lowest BCUT2D eigenvalue weighted by molar-refractivity contribution is -0.135. The van der Waals surface area contributed by atoms with Crippen molar-refractivity contribution in [1.29, 1.82) is 0 Å². The highest BCUT2D eigenvalue weighted by Gasteiger charge is 2.43. The molecule has 0 aromatic carbocycles. The van der Waals surface area contributed by atoms with Crippen molar-refractivity contribution in [1.82, 2.24) is 30.0 Å². The number of halogens is 2. The molecule has 9 heteroatoms. The predicted molar refractivity (Wildman–Crippen MR) is 121 cm³/mol. The van der Waals surface area contributed by atoms with Crippen LogP contribution in [0, 0.1) is 0 Å². The molecular formula is C24H28F2N6O. The van der Waals surface area contributed by atoms with Crippen LogP contribution < -0.4 is 5.32 Å². The zero-order chi connectivity index (χ0) is 22.9. The number of carbonyl (C=O) groups is 1. The van der Waals surface area contributed by atoms with Gasteiger partial charge in [-0.2, -0.15) is 5.10 Å². The van der Waals surface area contributed by atoms with E-state index in [1.807, 2.05) is 36.3 Å². The van der Waals surface area contributed by atoms with E-state index in [1.54, 1.807) is 17.1 Å². The second-order valence-electron chi connectivity index (χ2n) is 9.17. The number of rotatable bonds is 7. The van der Waals surface area contributed by atoms with Crippen LogP contribution in [0.4, 0.5) is 8.78 Å². The van der Waals surface area contributed by atoms with Crippen LogP contribution in [0.1, 0.15) is 31.4 Å². The molecular weight excluding hydrogens is 426 g/mol. The Balaban J connectivity index is 1.29. The van der Waals surface area contributed by atoms with Gasteiger partial charge >= 0.3 is 0 Å². The molecule has 1 unspecified atom stereocenters. The van der Waals surface area contributed by atoms with Gasteiger partial charge in [-0.1, -0.05) is 0 Å². The molecule has 5 rings (SSSR count). The van der Waals surface area contributed by atoms with Crippen LogP contribution in [-0.4, -0.2) is 68.1 Å². The molecule has 3 atom stereocenters. The Morgan fingerprint density at radius 3 is 2.61 bits per heavy atom. The van der Waals surface area contributed by atoms with Crippen molar-refractivity contribution >= 4 is 16.8 Å². The van der Waals surface area contributed by atoms with Gasteiger partial charge in [0.25, 0.3) is 0 Å². The van der Waals surface area contributed by atoms with Gasteiger partial charge in [0.05, 0.1) is 35.6 Å². The molecule has 2 aliphatic heterocycles. The Bertz CT molecular complexity index is 1130. The van der Waals surface area contributed by atoms with Gasteiger partial charge in [0.1, 0.15) is 13.3 Å². The number of aryl methyl sites for hydroxylation is 1. The molecule has 3 aromatic rings. The van der Waals surface area contributed by atoms with Crippen LogP contribution in [0.25, 0.3) is 22.2 Å². The molecule has 0 saturated carbocycles. The molecule has 2 saturated heterocycles. The lowest BCUT2D eigenvalue weighted by Gasteiger charge is -2.40. The first kappa shape index (κ1) is 21.9. The van der Waals surface area contributed by atoms with Crippen molar-refractivity contribution in [3.8, 4) is 11.3 Å². The highest BCUT2D eigenvalue weighted by Crippen LogP contribution is 2.36. The summed E-state index contributed by atoms with van der Waals surface area (Å²) in [6, 6.07) is 5.34. The molecule has 0 radical (unpaired) electrons. The predicted octanol–water partition coefficient (Wildman–Crippen LogP) is 2.99. The van der Waals surface area contributed by atoms with Crippen molar-refractivity contribution in [2.75, 3.05) is 13.3 Å². The van der Waals surface area contributed by atoms with Gasteiger partial charge in [-0.05, 0) is 43.9 Å². The standard InChI is InChI=1S/C24H28F2N6O/c1-31-14-16(13-28-31)22-5-2-15-12-27-17(8-23(15)30-22)9-24(33)32-20-3-4-21(32)7-18(6-20)29-19(10-25)11-26/h2,5,8,12-14,18-21,29H,3-4,6-7,9-11H2,1H3/t18?,20-,21+. The average molecular weight is 455 g/mol. The van der Waals surface area contributed by atoms with Crippen LogP contribution >= 0.6 is 0 Å². The number of aromatic nitrogens is 4. The highest BCUT2D eigenvalue weighted by atomic mass is 19.1. The largest absolute Gasteiger partial charge is 0.336 e. The minimum Gasteiger partial charge on any atom is -0.336 e. The molecule has 1 N–H and O–H groups in total. The van der Waals surface area contributed by atoms with E-state index in [4.69, 9.17) is 4.98 Å². The van der Waals surface area contributed by atoms with E-state index in [0.717, 1.165) is 47.8 Å². The Hall–Kier alpha value is -2.94. The van der Waals surface area contributed by atoms with Crippen LogP contribution in [0.3, 0.4) is 0 Å². The SMILES string of the molecule is Cn1cc(-c2ccc3cnc(CC(=O)N4[C@@H]5CC[C@H]4CC(NC(CF)CF)C5)cc3n2)cn1. The monoisotopic (exact) mass is 454 g/mol. The van der Waals surface area contributed by atoms with E-state index in [0.29, 0.717) is 5.69 Å². The summed E-state index contributed by atoms with van der Waals surface area (Å²) in [5.41, 5.74) is 3.25. The van der Waals surface area contributed by atoms with Gasteiger partial charge in [-0.25, -0.2) is 13.8 Å². The Morgan fingerprint density at radius 2 is 1.94 bits per heavy atom. The number of amides is 1. The average Bonchev–Trinajstić information content (AvgIpc) is 3.37. The summed E-state index contributed by atoms with van der Waals surface area (Å²) in [5, 5.41) is 8.21. The molecule has 174 valence electrons. The first-order chi connectivity index (χ1) is 16.0. The maximum Gasteiger partial charge on any atom is 0.229 e. The Morgan fingerprint density at radius 1 is 1.18 bits per heavy atom. The molecule has 3 aromatic heterocycles. The van der Waals surface area contributed by atoms with E-state index < -0.39 is 19.4 Å². The highest BCUT2D eigenvalue weighted by molar-refractivity contribution is 5.83. The first-order valence-corrected chi connectivity index (χ1v) is 11.5. The molecule has 2 fully saturated rings.